The van der Waals surface area contributed by atoms with Crippen LogP contribution in [-0.4, -0.2) is 103 Å². The molecule has 1 heterocycles. The van der Waals surface area contributed by atoms with E-state index in [0.717, 1.165) is 43.2 Å². The van der Waals surface area contributed by atoms with Gasteiger partial charge in [-0.1, -0.05) is 63.6 Å². The summed E-state index contributed by atoms with van der Waals surface area (Å²) in [5.74, 6) is -3.00. The summed E-state index contributed by atoms with van der Waals surface area (Å²) >= 11 is 0. The number of hydrogen-bond donors (Lipinski definition) is 10. The summed E-state index contributed by atoms with van der Waals surface area (Å²) in [6, 6.07) is 8.84. The second-order valence-electron chi connectivity index (χ2n) is 18.4. The molecule has 1 saturated heterocycles. The molecule has 6 rings (SSSR count). The highest BCUT2D eigenvalue weighted by Gasteiger charge is 2.68. The van der Waals surface area contributed by atoms with Crippen molar-refractivity contribution in [3.63, 3.8) is 0 Å². The number of carbonyl (C=O) groups is 5. The number of carbonyl (C=O) groups excluding carboxylic acids is 5. The minimum Gasteiger partial charge on any atom is -0.403 e. The second-order valence-corrected chi connectivity index (χ2v) is 18.4. The first-order valence-corrected chi connectivity index (χ1v) is 22.5. The van der Waals surface area contributed by atoms with Gasteiger partial charge in [0.25, 0.3) is 11.8 Å². The average molecular weight is 876 g/mol. The highest BCUT2D eigenvalue weighted by Crippen LogP contribution is 2.65. The number of unbranched alkanes of at least 4 members (excludes halogenated alkanes) is 2. The van der Waals surface area contributed by atoms with Gasteiger partial charge in [-0.3, -0.25) is 24.0 Å². The van der Waals surface area contributed by atoms with Crippen molar-refractivity contribution in [3.05, 3.63) is 59.2 Å². The standard InChI is InChI=1S/C45H70BN9O8/c1-7-8-11-27-13-15-28(16-14-27)29-17-18-31(25(2)22-29)38(57)51-33(19-21-48)39(58)53-36(26(3)56)41(60)54-37(49)42(61)52-32(12-9-10-20-47)40(59)55-43(50)46-62-35-24-30-23-34(44(30,4)5)45(35,6)63-46/h13-18,22,26,30,32-37,43,56H,7-12,19-21,23-24,47-50H2,1-6H3,(H,51,57)(H,52,61)(H,53,58)(H,54,60)(H,55,59)/t26-,30+,32+,33+,34+,35?,36+,37-,43-,45+/m1/s1. The van der Waals surface area contributed by atoms with Gasteiger partial charge >= 0.3 is 7.12 Å². The largest absolute Gasteiger partial charge is 0.497 e. The number of nitrogens with one attached hydrogen (secondary N) is 5. The van der Waals surface area contributed by atoms with Crippen LogP contribution in [0, 0.1) is 24.2 Å². The lowest BCUT2D eigenvalue weighted by atomic mass is 9.43. The summed E-state index contributed by atoms with van der Waals surface area (Å²) in [4.78, 5) is 67.5. The van der Waals surface area contributed by atoms with Crippen LogP contribution in [-0.2, 0) is 34.9 Å². The Hall–Kier alpha value is -4.43. The molecule has 3 saturated carbocycles. The Labute approximate surface area is 371 Å². The molecule has 17 nitrogen and oxygen atoms in total. The van der Waals surface area contributed by atoms with Crippen molar-refractivity contribution < 1.29 is 38.4 Å². The molecule has 1 unspecified atom stereocenters. The van der Waals surface area contributed by atoms with E-state index < -0.39 is 78.7 Å². The monoisotopic (exact) mass is 876 g/mol. The van der Waals surface area contributed by atoms with Crippen LogP contribution in [0.25, 0.3) is 11.1 Å². The van der Waals surface area contributed by atoms with Gasteiger partial charge in [-0.05, 0) is 131 Å². The number of nitrogens with two attached hydrogens (primary N) is 4. The molecule has 4 fully saturated rings. The molecule has 18 heteroatoms. The molecule has 63 heavy (non-hydrogen) atoms. The molecule has 2 aromatic carbocycles. The molecule has 10 atom stereocenters. The van der Waals surface area contributed by atoms with Crippen molar-refractivity contribution in [1.82, 2.24) is 26.6 Å². The van der Waals surface area contributed by atoms with Crippen LogP contribution < -0.4 is 49.5 Å². The van der Waals surface area contributed by atoms with Crippen molar-refractivity contribution in [2.45, 2.75) is 147 Å². The summed E-state index contributed by atoms with van der Waals surface area (Å²) in [6.45, 7) is 12.1. The third kappa shape index (κ3) is 11.6. The van der Waals surface area contributed by atoms with Gasteiger partial charge < -0.3 is 63.9 Å². The van der Waals surface area contributed by atoms with Crippen molar-refractivity contribution in [1.29, 1.82) is 0 Å². The quantitative estimate of drug-likeness (QED) is 0.0451. The predicted molar refractivity (Wildman–Crippen MR) is 241 cm³/mol. The predicted octanol–water partition coefficient (Wildman–Crippen LogP) is 1.00. The summed E-state index contributed by atoms with van der Waals surface area (Å²) in [7, 11) is -0.897. The fraction of sp³-hybridized carbons (Fsp3) is 0.622. The number of hydrogen-bond acceptors (Lipinski definition) is 12. The first-order chi connectivity index (χ1) is 29.8. The van der Waals surface area contributed by atoms with Crippen LogP contribution in [0.15, 0.2) is 42.5 Å². The average Bonchev–Trinajstić information content (AvgIpc) is 3.61. The molecule has 3 aliphatic carbocycles. The Morgan fingerprint density at radius 1 is 0.810 bits per heavy atom. The van der Waals surface area contributed by atoms with E-state index in [0.29, 0.717) is 42.3 Å². The lowest BCUT2D eigenvalue weighted by molar-refractivity contribution is -0.199. The summed E-state index contributed by atoms with van der Waals surface area (Å²) in [5.41, 5.74) is 27.9. The first kappa shape index (κ1) is 49.6. The van der Waals surface area contributed by atoms with Crippen LogP contribution in [0.5, 0.6) is 0 Å². The number of rotatable bonds is 22. The Morgan fingerprint density at radius 3 is 2.10 bits per heavy atom. The molecule has 2 aromatic rings. The summed E-state index contributed by atoms with van der Waals surface area (Å²) in [6.07, 6.45) is 3.10. The van der Waals surface area contributed by atoms with Gasteiger partial charge in [0, 0.05) is 5.56 Å². The molecular formula is C45H70BN9O8. The third-order valence-electron chi connectivity index (χ3n) is 13.4. The molecular weight excluding hydrogens is 805 g/mol. The molecule has 4 aliphatic rings. The zero-order valence-electron chi connectivity index (χ0n) is 37.7. The Kier molecular flexibility index (Phi) is 16.9. The lowest BCUT2D eigenvalue weighted by Gasteiger charge is -2.64. The number of aliphatic hydroxyl groups is 1. The van der Waals surface area contributed by atoms with E-state index in [1.54, 1.807) is 13.0 Å². The molecule has 2 bridgehead atoms. The number of aliphatic hydroxyl groups excluding tert-OH is 1. The van der Waals surface area contributed by atoms with Crippen LogP contribution in [0.2, 0.25) is 0 Å². The van der Waals surface area contributed by atoms with Crippen LogP contribution in [0.4, 0.5) is 0 Å². The molecule has 0 radical (unpaired) electrons. The maximum Gasteiger partial charge on any atom is 0.497 e. The van der Waals surface area contributed by atoms with E-state index in [1.165, 1.54) is 12.5 Å². The van der Waals surface area contributed by atoms with E-state index in [1.807, 2.05) is 19.1 Å². The van der Waals surface area contributed by atoms with Crippen LogP contribution in [0.1, 0.15) is 107 Å². The van der Waals surface area contributed by atoms with E-state index in [2.05, 4.69) is 71.6 Å². The van der Waals surface area contributed by atoms with E-state index in [9.17, 15) is 29.1 Å². The van der Waals surface area contributed by atoms with E-state index in [-0.39, 0.29) is 30.9 Å². The first-order valence-electron chi connectivity index (χ1n) is 22.5. The fourth-order valence-electron chi connectivity index (χ4n) is 9.39. The molecule has 14 N–H and O–H groups in total. The highest BCUT2D eigenvalue weighted by atomic mass is 16.7. The number of aryl methyl sites for hydroxylation is 2. The molecule has 5 amide bonds. The molecule has 0 spiro atoms. The highest BCUT2D eigenvalue weighted by molar-refractivity contribution is 6.47. The van der Waals surface area contributed by atoms with Crippen molar-refractivity contribution >= 4 is 36.7 Å². The Morgan fingerprint density at radius 2 is 1.48 bits per heavy atom. The zero-order chi connectivity index (χ0) is 46.2. The van der Waals surface area contributed by atoms with Gasteiger partial charge in [0.15, 0.2) is 6.17 Å². The maximum atomic E-state index is 13.6. The van der Waals surface area contributed by atoms with Crippen molar-refractivity contribution in [2.24, 2.45) is 40.2 Å². The van der Waals surface area contributed by atoms with Gasteiger partial charge in [-0.25, -0.2) is 0 Å². The minimum absolute atomic E-state index is 0.0183. The molecule has 346 valence electrons. The van der Waals surface area contributed by atoms with Gasteiger partial charge in [0.05, 0.1) is 17.8 Å². The fourth-order valence-corrected chi connectivity index (χ4v) is 9.39. The smallest absolute Gasteiger partial charge is 0.403 e. The second kappa shape index (κ2) is 21.5. The maximum absolute atomic E-state index is 13.6. The number of benzene rings is 2. The minimum atomic E-state index is -1.70. The van der Waals surface area contributed by atoms with Crippen LogP contribution in [0.3, 0.4) is 0 Å². The van der Waals surface area contributed by atoms with Crippen LogP contribution >= 0.6 is 0 Å². The van der Waals surface area contributed by atoms with Gasteiger partial charge in [0.1, 0.15) is 24.2 Å². The number of amides is 5. The zero-order valence-corrected chi connectivity index (χ0v) is 37.7. The Balaban J connectivity index is 1.16. The molecule has 1 aliphatic heterocycles. The normalized spacial score (nSPS) is 23.7. The van der Waals surface area contributed by atoms with E-state index in [4.69, 9.17) is 32.2 Å². The Bertz CT molecular complexity index is 1940. The SMILES string of the molecule is CCCCc1ccc(-c2ccc(C(=O)N[C@@H](CCN)C(=O)N[C@H](C(=O)N[C@@H](N)C(=O)N[C@@H](CCCCN)C(=O)N[C@@H](N)B3OC4C[C@@H]5C[C@@H](C5(C)C)[C@]4(C)O3)[C@@H](C)O)c(C)c2)cc1. The lowest BCUT2D eigenvalue weighted by Crippen LogP contribution is -2.65. The van der Waals surface area contributed by atoms with Gasteiger partial charge in [-0.2, -0.15) is 0 Å². The summed E-state index contributed by atoms with van der Waals surface area (Å²) < 4.78 is 12.6. The van der Waals surface area contributed by atoms with Crippen molar-refractivity contribution in [2.75, 3.05) is 13.1 Å². The third-order valence-corrected chi connectivity index (χ3v) is 13.4. The van der Waals surface area contributed by atoms with E-state index >= 15 is 0 Å². The van der Waals surface area contributed by atoms with Gasteiger partial charge in [-0.15, -0.1) is 0 Å². The topological polar surface area (TPSA) is 288 Å². The van der Waals surface area contributed by atoms with Crippen molar-refractivity contribution in [3.8, 4) is 11.1 Å². The molecule has 0 aromatic heterocycles. The summed E-state index contributed by atoms with van der Waals surface area (Å²) in [5, 5.41) is 23.4. The van der Waals surface area contributed by atoms with Gasteiger partial charge in [0.2, 0.25) is 17.7 Å².